The number of hydrogen-bond acceptors (Lipinski definition) is 1. The van der Waals surface area contributed by atoms with Crippen LogP contribution < -0.4 is 4.74 Å². The zero-order valence-electron chi connectivity index (χ0n) is 35.6. The summed E-state index contributed by atoms with van der Waals surface area (Å²) in [5.41, 5.74) is 21.3. The molecule has 1 heterocycles. The Morgan fingerprint density at radius 3 is 1.57 bits per heavy atom. The van der Waals surface area contributed by atoms with Crippen LogP contribution in [0.25, 0.3) is 60.5 Å². The molecule has 1 nitrogen and oxygen atoms in total. The molecule has 65 heavy (non-hydrogen) atoms. The Morgan fingerprint density at radius 2 is 0.908 bits per heavy atom. The quantitative estimate of drug-likeness (QED) is 0.169. The standard InChI is InChI=1S/C64H40O/c1-2-22-50-43(17-1)51(38-59-62(50)65-60-30-12-11-28-56(60)63(59)52-24-7-3-18-44(52)45-19-4-8-25-53(45)63)40-33-31-39(32-34-40)42-35-36-48-46-20-5-9-26-54(46)64(58(48)37-42)55-27-10-6-21-47(55)49-23-13-15-41-16-14-29-57(64)61(41)49/h1-31,33-39H,32H2. The van der Waals surface area contributed by atoms with Gasteiger partial charge in [0.15, 0.2) is 0 Å². The van der Waals surface area contributed by atoms with E-state index in [1.807, 2.05) is 0 Å². The zero-order chi connectivity index (χ0) is 42.4. The summed E-state index contributed by atoms with van der Waals surface area (Å²) in [6, 6.07) is 77.5. The van der Waals surface area contributed by atoms with E-state index in [1.165, 1.54) is 111 Å². The number of ether oxygens (including phenoxy) is 1. The van der Waals surface area contributed by atoms with Gasteiger partial charge in [-0.15, -0.1) is 0 Å². The normalized spacial score (nSPS) is 18.3. The molecular formula is C64H40O. The minimum Gasteiger partial charge on any atom is -0.456 e. The van der Waals surface area contributed by atoms with Gasteiger partial charge in [-0.25, -0.2) is 0 Å². The number of hydrogen-bond donors (Lipinski definition) is 0. The Bertz CT molecular complexity index is 3750. The lowest BCUT2D eigenvalue weighted by atomic mass is 9.61. The Kier molecular flexibility index (Phi) is 6.99. The fourth-order valence-electron chi connectivity index (χ4n) is 13.2. The molecule has 0 fully saturated rings. The Hall–Kier alpha value is -8.00. The third-order valence-corrected chi connectivity index (χ3v) is 15.7. The van der Waals surface area contributed by atoms with Gasteiger partial charge in [-0.05, 0) is 118 Å². The Labute approximate surface area is 378 Å². The molecule has 10 aromatic carbocycles. The van der Waals surface area contributed by atoms with Crippen LogP contribution >= 0.6 is 0 Å². The molecule has 0 N–H and O–H groups in total. The van der Waals surface area contributed by atoms with E-state index in [0.29, 0.717) is 0 Å². The average molecular weight is 825 g/mol. The lowest BCUT2D eigenvalue weighted by Gasteiger charge is -2.40. The predicted octanol–water partition coefficient (Wildman–Crippen LogP) is 15.9. The second-order valence-corrected chi connectivity index (χ2v) is 18.5. The average Bonchev–Trinajstić information content (AvgIpc) is 3.83. The predicted molar refractivity (Wildman–Crippen MR) is 266 cm³/mol. The van der Waals surface area contributed by atoms with Crippen molar-refractivity contribution in [3.05, 3.63) is 280 Å². The van der Waals surface area contributed by atoms with Crippen molar-refractivity contribution in [3.8, 4) is 44.9 Å². The van der Waals surface area contributed by atoms with E-state index in [1.54, 1.807) is 0 Å². The first-order valence-corrected chi connectivity index (χ1v) is 23.0. The third-order valence-electron chi connectivity index (χ3n) is 15.7. The summed E-state index contributed by atoms with van der Waals surface area (Å²) < 4.78 is 7.05. The van der Waals surface area contributed by atoms with Crippen molar-refractivity contribution in [1.29, 1.82) is 0 Å². The molecule has 0 saturated carbocycles. The summed E-state index contributed by atoms with van der Waals surface area (Å²) in [6.45, 7) is 0. The van der Waals surface area contributed by atoms with E-state index in [2.05, 4.69) is 224 Å². The molecule has 0 saturated heterocycles. The second-order valence-electron chi connectivity index (χ2n) is 18.5. The zero-order valence-corrected chi connectivity index (χ0v) is 35.6. The molecule has 0 radical (unpaired) electrons. The summed E-state index contributed by atoms with van der Waals surface area (Å²) in [6.07, 6.45) is 8.26. The van der Waals surface area contributed by atoms with Crippen LogP contribution in [0.1, 0.15) is 68.0 Å². The molecule has 2 spiro atoms. The first-order chi connectivity index (χ1) is 32.2. The van der Waals surface area contributed by atoms with Gasteiger partial charge >= 0.3 is 0 Å². The molecule has 10 aromatic rings. The Balaban J connectivity index is 0.894. The van der Waals surface area contributed by atoms with Gasteiger partial charge in [-0.1, -0.05) is 212 Å². The van der Waals surface area contributed by atoms with Gasteiger partial charge in [-0.2, -0.15) is 0 Å². The first kappa shape index (κ1) is 35.5. The highest BCUT2D eigenvalue weighted by Crippen LogP contribution is 2.65. The molecule has 2 unspecified atom stereocenters. The molecule has 2 atom stereocenters. The molecular weight excluding hydrogens is 785 g/mol. The number of benzene rings is 10. The minimum absolute atomic E-state index is 0.228. The monoisotopic (exact) mass is 824 g/mol. The van der Waals surface area contributed by atoms with Crippen LogP contribution in [0.5, 0.6) is 11.5 Å². The van der Waals surface area contributed by atoms with Crippen LogP contribution in [-0.4, -0.2) is 0 Å². The topological polar surface area (TPSA) is 9.23 Å². The van der Waals surface area contributed by atoms with Crippen LogP contribution in [0.3, 0.4) is 0 Å². The Morgan fingerprint density at radius 1 is 0.385 bits per heavy atom. The largest absolute Gasteiger partial charge is 0.456 e. The summed E-state index contributed by atoms with van der Waals surface area (Å²) in [5.74, 6) is 2.09. The molecule has 1 heteroatoms. The third kappa shape index (κ3) is 4.38. The van der Waals surface area contributed by atoms with E-state index in [0.717, 1.165) is 23.3 Å². The fraction of sp³-hybridized carbons (Fsp3) is 0.0625. The fourth-order valence-corrected chi connectivity index (χ4v) is 13.2. The van der Waals surface area contributed by atoms with Crippen LogP contribution in [0, 0.1) is 0 Å². The van der Waals surface area contributed by atoms with Gasteiger partial charge in [0.2, 0.25) is 0 Å². The molecule has 4 aliphatic carbocycles. The maximum Gasteiger partial charge on any atom is 0.140 e. The van der Waals surface area contributed by atoms with E-state index in [4.69, 9.17) is 4.74 Å². The van der Waals surface area contributed by atoms with Gasteiger partial charge in [-0.3, -0.25) is 0 Å². The van der Waals surface area contributed by atoms with Crippen molar-refractivity contribution >= 4 is 27.1 Å². The van der Waals surface area contributed by atoms with E-state index >= 15 is 0 Å². The van der Waals surface area contributed by atoms with Crippen molar-refractivity contribution in [2.24, 2.45) is 0 Å². The van der Waals surface area contributed by atoms with Crippen molar-refractivity contribution in [2.45, 2.75) is 23.2 Å². The molecule has 0 aromatic heterocycles. The van der Waals surface area contributed by atoms with Gasteiger partial charge in [0.05, 0.1) is 10.8 Å². The molecule has 0 amide bonds. The van der Waals surface area contributed by atoms with Gasteiger partial charge in [0.1, 0.15) is 11.5 Å². The highest BCUT2D eigenvalue weighted by Gasteiger charge is 2.52. The smallest absolute Gasteiger partial charge is 0.140 e. The van der Waals surface area contributed by atoms with E-state index < -0.39 is 10.8 Å². The van der Waals surface area contributed by atoms with Gasteiger partial charge in [0.25, 0.3) is 0 Å². The number of fused-ring (bicyclic) bond motifs is 20. The summed E-state index contributed by atoms with van der Waals surface area (Å²) in [5, 5.41) is 5.00. The minimum atomic E-state index is -0.530. The van der Waals surface area contributed by atoms with Crippen LogP contribution in [-0.2, 0) is 10.8 Å². The number of rotatable bonds is 2. The van der Waals surface area contributed by atoms with Crippen LogP contribution in [0.15, 0.2) is 224 Å². The second kappa shape index (κ2) is 12.8. The van der Waals surface area contributed by atoms with Crippen molar-refractivity contribution in [1.82, 2.24) is 0 Å². The SMILES string of the molecule is C1=CC(c2ccc3c(c2)C2(c4ccccc4-3)c3ccccc3-c3cccc4cccc2c34)CC=C1c1cc2c(c3ccccc13)Oc1ccccc1C21c2ccccc2-c2ccccc21. The van der Waals surface area contributed by atoms with E-state index in [9.17, 15) is 0 Å². The van der Waals surface area contributed by atoms with Gasteiger partial charge < -0.3 is 4.74 Å². The lowest BCUT2D eigenvalue weighted by Crippen LogP contribution is -2.32. The molecule has 0 bridgehead atoms. The number of allylic oxidation sites excluding steroid dienone is 4. The number of para-hydroxylation sites is 1. The molecule has 302 valence electrons. The molecule has 5 aliphatic rings. The van der Waals surface area contributed by atoms with Crippen molar-refractivity contribution in [3.63, 3.8) is 0 Å². The molecule has 1 aliphatic heterocycles. The highest BCUT2D eigenvalue weighted by atomic mass is 16.5. The van der Waals surface area contributed by atoms with Gasteiger partial charge in [0, 0.05) is 22.4 Å². The summed E-state index contributed by atoms with van der Waals surface area (Å²) in [4.78, 5) is 0. The van der Waals surface area contributed by atoms with Crippen molar-refractivity contribution in [2.75, 3.05) is 0 Å². The summed E-state index contributed by atoms with van der Waals surface area (Å²) >= 11 is 0. The van der Waals surface area contributed by atoms with Crippen LogP contribution in [0.2, 0.25) is 0 Å². The summed E-state index contributed by atoms with van der Waals surface area (Å²) in [7, 11) is 0. The highest BCUT2D eigenvalue weighted by molar-refractivity contribution is 6.07. The van der Waals surface area contributed by atoms with Crippen LogP contribution in [0.4, 0.5) is 0 Å². The molecule has 15 rings (SSSR count). The lowest BCUT2D eigenvalue weighted by molar-refractivity contribution is 0.441. The maximum atomic E-state index is 7.05. The first-order valence-electron chi connectivity index (χ1n) is 23.0. The van der Waals surface area contributed by atoms with Crippen molar-refractivity contribution < 1.29 is 4.74 Å². The maximum absolute atomic E-state index is 7.05. The van der Waals surface area contributed by atoms with E-state index in [-0.39, 0.29) is 5.92 Å².